The van der Waals surface area contributed by atoms with E-state index in [2.05, 4.69) is 0 Å². The van der Waals surface area contributed by atoms with Crippen LogP contribution >= 0.6 is 23.0 Å². The number of nitrogens with zero attached hydrogens (tertiary/aromatic N) is 1. The van der Waals surface area contributed by atoms with Gasteiger partial charge in [0.2, 0.25) is 5.91 Å². The second-order valence-electron chi connectivity index (χ2n) is 5.00. The molecular formula is C14H16INO5. The number of likely N-dealkylation sites (tertiary alicyclic amines) is 1. The SMILES string of the molecule is COc1ccc(CN2C[C@H](C(=O)O)[C@@H](C)C2=O)c(OI)c1. The zero-order chi connectivity index (χ0) is 15.6. The summed E-state index contributed by atoms with van der Waals surface area (Å²) in [6.45, 7) is 2.21. The Morgan fingerprint density at radius 2 is 2.24 bits per heavy atom. The van der Waals surface area contributed by atoms with E-state index in [9.17, 15) is 9.59 Å². The topological polar surface area (TPSA) is 76.1 Å². The quantitative estimate of drug-likeness (QED) is 0.760. The lowest BCUT2D eigenvalue weighted by Crippen LogP contribution is -2.26. The standard InChI is InChI=1S/C14H16INO5/c1-8-11(14(18)19)7-16(13(8)17)6-9-3-4-10(20-2)5-12(9)21-15/h3-5,8,11H,6-7H2,1-2H3,(H,18,19)/t8-,11+/m1/s1. The van der Waals surface area contributed by atoms with Crippen LogP contribution in [0.4, 0.5) is 0 Å². The molecule has 1 aromatic carbocycles. The molecular weight excluding hydrogens is 389 g/mol. The predicted molar refractivity (Wildman–Crippen MR) is 83.3 cm³/mol. The third-order valence-electron chi connectivity index (χ3n) is 3.76. The van der Waals surface area contributed by atoms with Crippen LogP contribution in [0.25, 0.3) is 0 Å². The maximum absolute atomic E-state index is 12.1. The largest absolute Gasteiger partial charge is 0.497 e. The molecule has 1 N–H and O–H groups in total. The molecule has 1 fully saturated rings. The van der Waals surface area contributed by atoms with E-state index in [0.717, 1.165) is 5.56 Å². The highest BCUT2D eigenvalue weighted by Gasteiger charge is 2.41. The number of methoxy groups -OCH3 is 1. The van der Waals surface area contributed by atoms with Crippen molar-refractivity contribution < 1.29 is 22.5 Å². The van der Waals surface area contributed by atoms with Gasteiger partial charge in [-0.2, -0.15) is 0 Å². The minimum absolute atomic E-state index is 0.141. The van der Waals surface area contributed by atoms with Crippen molar-refractivity contribution in [3.63, 3.8) is 0 Å². The minimum Gasteiger partial charge on any atom is -0.497 e. The highest BCUT2D eigenvalue weighted by atomic mass is 127. The molecule has 0 aromatic heterocycles. The van der Waals surface area contributed by atoms with Gasteiger partial charge in [-0.15, -0.1) is 0 Å². The number of benzene rings is 1. The summed E-state index contributed by atoms with van der Waals surface area (Å²) in [5.74, 6) is -0.954. The normalized spacial score (nSPS) is 21.5. The van der Waals surface area contributed by atoms with Crippen molar-refractivity contribution in [1.82, 2.24) is 4.90 Å². The van der Waals surface area contributed by atoms with Gasteiger partial charge in [0.25, 0.3) is 0 Å². The summed E-state index contributed by atoms with van der Waals surface area (Å²) in [5.41, 5.74) is 0.816. The first-order chi connectivity index (χ1) is 9.97. The van der Waals surface area contributed by atoms with Crippen LogP contribution in [0.15, 0.2) is 18.2 Å². The van der Waals surface area contributed by atoms with Crippen molar-refractivity contribution in [1.29, 1.82) is 0 Å². The Hall–Kier alpha value is -1.51. The fourth-order valence-electron chi connectivity index (χ4n) is 2.45. The van der Waals surface area contributed by atoms with Crippen LogP contribution in [0.1, 0.15) is 12.5 Å². The van der Waals surface area contributed by atoms with Crippen molar-refractivity contribution in [2.75, 3.05) is 13.7 Å². The van der Waals surface area contributed by atoms with Crippen molar-refractivity contribution in [2.24, 2.45) is 11.8 Å². The maximum atomic E-state index is 12.1. The molecule has 0 bridgehead atoms. The zero-order valence-corrected chi connectivity index (χ0v) is 13.9. The van der Waals surface area contributed by atoms with Gasteiger partial charge in [0.05, 0.1) is 18.9 Å². The van der Waals surface area contributed by atoms with Crippen LogP contribution < -0.4 is 7.80 Å². The van der Waals surface area contributed by atoms with Crippen LogP contribution in [0.2, 0.25) is 0 Å². The van der Waals surface area contributed by atoms with E-state index in [1.54, 1.807) is 54.1 Å². The molecule has 7 heteroatoms. The monoisotopic (exact) mass is 405 g/mol. The molecule has 21 heavy (non-hydrogen) atoms. The summed E-state index contributed by atoms with van der Waals surface area (Å²) >= 11 is 1.77. The number of aliphatic carboxylic acids is 1. The Morgan fingerprint density at radius 3 is 2.76 bits per heavy atom. The average molecular weight is 405 g/mol. The third kappa shape index (κ3) is 3.22. The summed E-state index contributed by atoms with van der Waals surface area (Å²) in [6, 6.07) is 5.34. The van der Waals surface area contributed by atoms with Gasteiger partial charge in [-0.1, -0.05) is 6.92 Å². The fraction of sp³-hybridized carbons (Fsp3) is 0.429. The Balaban J connectivity index is 2.19. The van der Waals surface area contributed by atoms with Crippen LogP contribution in [0, 0.1) is 11.8 Å². The van der Waals surface area contributed by atoms with Gasteiger partial charge in [0.1, 0.15) is 11.5 Å². The number of carboxylic acids is 1. The number of hydrogen-bond acceptors (Lipinski definition) is 4. The third-order valence-corrected chi connectivity index (χ3v) is 4.23. The van der Waals surface area contributed by atoms with Gasteiger partial charge >= 0.3 is 5.97 Å². The molecule has 0 unspecified atom stereocenters. The van der Waals surface area contributed by atoms with E-state index in [1.807, 2.05) is 6.07 Å². The lowest BCUT2D eigenvalue weighted by Gasteiger charge is -2.18. The Kier molecular flexibility index (Phi) is 4.92. The van der Waals surface area contributed by atoms with Crippen LogP contribution in [-0.2, 0) is 16.1 Å². The zero-order valence-electron chi connectivity index (χ0n) is 11.7. The Morgan fingerprint density at radius 1 is 1.52 bits per heavy atom. The molecule has 0 aliphatic carbocycles. The number of carboxylic acid groups (broad SMARTS) is 1. The number of hydrogen-bond donors (Lipinski definition) is 1. The molecule has 1 aromatic rings. The van der Waals surface area contributed by atoms with Crippen LogP contribution in [0.3, 0.4) is 0 Å². The number of rotatable bonds is 5. The van der Waals surface area contributed by atoms with E-state index in [1.165, 1.54) is 0 Å². The van der Waals surface area contributed by atoms with E-state index in [-0.39, 0.29) is 12.5 Å². The molecule has 1 aliphatic heterocycles. The number of amides is 1. The Labute approximate surface area is 136 Å². The van der Waals surface area contributed by atoms with E-state index in [0.29, 0.717) is 18.0 Å². The molecule has 0 saturated carbocycles. The van der Waals surface area contributed by atoms with Gasteiger partial charge in [-0.25, -0.2) is 0 Å². The molecule has 1 heterocycles. The molecule has 1 saturated heterocycles. The van der Waals surface area contributed by atoms with Crippen molar-refractivity contribution in [2.45, 2.75) is 13.5 Å². The van der Waals surface area contributed by atoms with Gasteiger partial charge < -0.3 is 17.8 Å². The van der Waals surface area contributed by atoms with Gasteiger partial charge in [-0.05, 0) is 12.1 Å². The number of halogens is 1. The van der Waals surface area contributed by atoms with E-state index >= 15 is 0 Å². The van der Waals surface area contributed by atoms with E-state index < -0.39 is 17.8 Å². The predicted octanol–water partition coefficient (Wildman–Crippen LogP) is 2.10. The summed E-state index contributed by atoms with van der Waals surface area (Å²) in [6.07, 6.45) is 0. The van der Waals surface area contributed by atoms with Gasteiger partial charge in [-0.3, -0.25) is 9.59 Å². The van der Waals surface area contributed by atoms with Crippen LogP contribution in [-0.4, -0.2) is 35.5 Å². The van der Waals surface area contributed by atoms with Gasteiger partial charge in [0.15, 0.2) is 23.0 Å². The second-order valence-corrected chi connectivity index (χ2v) is 5.44. The molecule has 2 atom stereocenters. The van der Waals surface area contributed by atoms with Gasteiger partial charge in [0, 0.05) is 24.7 Å². The molecule has 1 aliphatic rings. The van der Waals surface area contributed by atoms with Crippen molar-refractivity contribution >= 4 is 34.9 Å². The molecule has 2 rings (SSSR count). The molecule has 114 valence electrons. The molecule has 0 spiro atoms. The summed E-state index contributed by atoms with van der Waals surface area (Å²) in [4.78, 5) is 24.8. The Bertz CT molecular complexity index is 562. The highest BCUT2D eigenvalue weighted by Crippen LogP contribution is 2.31. The smallest absolute Gasteiger partial charge is 0.309 e. The number of carbonyl (C=O) groups excluding carboxylic acids is 1. The summed E-state index contributed by atoms with van der Waals surface area (Å²) in [5, 5.41) is 9.13. The number of ether oxygens (including phenoxy) is 1. The molecule has 6 nitrogen and oxygen atoms in total. The minimum atomic E-state index is -0.932. The van der Waals surface area contributed by atoms with E-state index in [4.69, 9.17) is 12.9 Å². The summed E-state index contributed by atoms with van der Waals surface area (Å²) < 4.78 is 10.4. The first kappa shape index (κ1) is 15.9. The van der Waals surface area contributed by atoms with Crippen molar-refractivity contribution in [3.8, 4) is 11.5 Å². The second kappa shape index (κ2) is 6.50. The first-order valence-corrected chi connectivity index (χ1v) is 7.33. The van der Waals surface area contributed by atoms with Crippen molar-refractivity contribution in [3.05, 3.63) is 23.8 Å². The fourth-order valence-corrected chi connectivity index (χ4v) is 2.86. The summed E-state index contributed by atoms with van der Waals surface area (Å²) in [7, 11) is 1.56. The average Bonchev–Trinajstić information content (AvgIpc) is 2.76. The van der Waals surface area contributed by atoms with Crippen LogP contribution in [0.5, 0.6) is 11.5 Å². The molecule has 0 radical (unpaired) electrons. The molecule has 1 amide bonds. The maximum Gasteiger partial charge on any atom is 0.309 e. The lowest BCUT2D eigenvalue weighted by molar-refractivity contribution is -0.143. The highest BCUT2D eigenvalue weighted by molar-refractivity contribution is 14.1. The lowest BCUT2D eigenvalue weighted by atomic mass is 9.98. The first-order valence-electron chi connectivity index (χ1n) is 6.45. The number of carbonyl (C=O) groups is 2.